The zero-order valence-corrected chi connectivity index (χ0v) is 24.0. The minimum Gasteiger partial charge on any atom is -0.508 e. The van der Waals surface area contributed by atoms with Crippen molar-refractivity contribution < 1.29 is 49.6 Å². The van der Waals surface area contributed by atoms with E-state index in [0.29, 0.717) is 11.3 Å². The van der Waals surface area contributed by atoms with Crippen LogP contribution in [0.5, 0.6) is 28.7 Å². The van der Waals surface area contributed by atoms with Crippen LogP contribution in [0.15, 0.2) is 41.5 Å². The number of fused-ring (bicyclic) bond motifs is 5. The molecule has 4 aromatic rings. The summed E-state index contributed by atoms with van der Waals surface area (Å²) in [5.41, 5.74) is 1.21. The van der Waals surface area contributed by atoms with Gasteiger partial charge in [0.15, 0.2) is 5.78 Å². The number of anilines is 1. The standard InChI is InChI=1S/C32H23N3O11/c1-12-19(36)10-18-23(26(12)37)30(41)25-24(27(18)38)29(40)22-17(31(25)46-2)8-3-13-9-14(21(32(42)43)28(39)20(13)22)11-33-34-15-4-6-16(7-5-15)35(44)45/h4-7,9-11,34,36-37,39-40H,3,8H2,1-2H3,(H,42,43)/b33-11+. The minimum atomic E-state index is -1.53. The third-order valence-electron chi connectivity index (χ3n) is 8.18. The number of carbonyl (C=O) groups excluding carboxylic acids is 2. The smallest absolute Gasteiger partial charge is 0.340 e. The molecular weight excluding hydrogens is 602 g/mol. The minimum absolute atomic E-state index is 0.00692. The van der Waals surface area contributed by atoms with Crippen LogP contribution >= 0.6 is 0 Å². The fourth-order valence-corrected chi connectivity index (χ4v) is 6.00. The lowest BCUT2D eigenvalue weighted by atomic mass is 9.74. The van der Waals surface area contributed by atoms with Gasteiger partial charge in [0, 0.05) is 45.5 Å². The number of ether oxygens (including phenoxy) is 1. The number of phenolic OH excluding ortho intramolecular Hbond substituents is 3. The fraction of sp³-hybridized carbons (Fsp3) is 0.125. The van der Waals surface area contributed by atoms with E-state index in [1.807, 2.05) is 0 Å². The number of carbonyl (C=O) groups is 3. The molecule has 0 unspecified atom stereocenters. The van der Waals surface area contributed by atoms with E-state index < -0.39 is 56.6 Å². The van der Waals surface area contributed by atoms with Gasteiger partial charge in [-0.05, 0) is 49.6 Å². The summed E-state index contributed by atoms with van der Waals surface area (Å²) in [6.45, 7) is 1.37. The molecule has 14 nitrogen and oxygen atoms in total. The van der Waals surface area contributed by atoms with E-state index in [1.165, 1.54) is 44.4 Å². The number of benzene rings is 4. The number of nitrogens with zero attached hydrogens (tertiary/aromatic N) is 2. The Balaban J connectivity index is 1.51. The molecule has 0 bridgehead atoms. The Kier molecular flexibility index (Phi) is 6.84. The molecule has 6 N–H and O–H groups in total. The summed E-state index contributed by atoms with van der Waals surface area (Å²) >= 11 is 0. The van der Waals surface area contributed by atoms with Gasteiger partial charge < -0.3 is 30.3 Å². The highest BCUT2D eigenvalue weighted by molar-refractivity contribution is 6.32. The molecule has 0 spiro atoms. The molecule has 0 saturated carbocycles. The molecule has 0 amide bonds. The van der Waals surface area contributed by atoms with Crippen LogP contribution in [0.4, 0.5) is 11.4 Å². The lowest BCUT2D eigenvalue weighted by molar-refractivity contribution is -0.384. The number of hydrogen-bond acceptors (Lipinski definition) is 12. The van der Waals surface area contributed by atoms with Gasteiger partial charge in [0.2, 0.25) is 5.78 Å². The number of nitro benzene ring substituents is 1. The number of hydrazone groups is 1. The molecule has 0 heterocycles. The van der Waals surface area contributed by atoms with Crippen LogP contribution in [-0.2, 0) is 12.8 Å². The number of non-ortho nitro benzene ring substituents is 1. The van der Waals surface area contributed by atoms with E-state index in [1.54, 1.807) is 0 Å². The van der Waals surface area contributed by atoms with Gasteiger partial charge in [0.1, 0.15) is 34.3 Å². The maximum atomic E-state index is 13.8. The van der Waals surface area contributed by atoms with E-state index in [9.17, 15) is 50.0 Å². The molecule has 0 atom stereocenters. The first-order valence-electron chi connectivity index (χ1n) is 13.6. The van der Waals surface area contributed by atoms with E-state index in [-0.39, 0.29) is 68.8 Å². The molecule has 6 rings (SSSR count). The Hall–Kier alpha value is -6.44. The summed E-state index contributed by atoms with van der Waals surface area (Å²) in [6.07, 6.45) is 1.48. The maximum Gasteiger partial charge on any atom is 0.340 e. The van der Waals surface area contributed by atoms with Gasteiger partial charge in [0.25, 0.3) is 5.69 Å². The second-order valence-electron chi connectivity index (χ2n) is 10.6. The number of nitrogens with one attached hydrogen (secondary N) is 1. The number of aromatic hydroxyl groups is 4. The van der Waals surface area contributed by atoms with Gasteiger partial charge in [-0.1, -0.05) is 0 Å². The number of carboxylic acid groups (broad SMARTS) is 1. The van der Waals surface area contributed by atoms with Gasteiger partial charge in [-0.15, -0.1) is 0 Å². The van der Waals surface area contributed by atoms with Crippen molar-refractivity contribution in [2.75, 3.05) is 12.5 Å². The summed E-state index contributed by atoms with van der Waals surface area (Å²) in [5, 5.41) is 68.9. The van der Waals surface area contributed by atoms with Crippen molar-refractivity contribution in [2.45, 2.75) is 19.8 Å². The van der Waals surface area contributed by atoms with Crippen LogP contribution in [0.2, 0.25) is 0 Å². The predicted molar refractivity (Wildman–Crippen MR) is 162 cm³/mol. The molecule has 4 aromatic carbocycles. The Morgan fingerprint density at radius 3 is 2.26 bits per heavy atom. The second-order valence-corrected chi connectivity index (χ2v) is 10.6. The van der Waals surface area contributed by atoms with E-state index in [0.717, 1.165) is 12.3 Å². The number of carboxylic acids is 1. The lowest BCUT2D eigenvalue weighted by Crippen LogP contribution is -2.24. The molecule has 0 radical (unpaired) electrons. The molecule has 46 heavy (non-hydrogen) atoms. The van der Waals surface area contributed by atoms with Crippen LogP contribution in [0.3, 0.4) is 0 Å². The van der Waals surface area contributed by atoms with Gasteiger partial charge >= 0.3 is 5.97 Å². The van der Waals surface area contributed by atoms with Gasteiger partial charge in [0.05, 0.1) is 40.6 Å². The highest BCUT2D eigenvalue weighted by Gasteiger charge is 2.42. The molecule has 0 aliphatic heterocycles. The first-order chi connectivity index (χ1) is 21.9. The largest absolute Gasteiger partial charge is 0.508 e. The first kappa shape index (κ1) is 29.6. The molecule has 2 aliphatic carbocycles. The molecular formula is C32H23N3O11. The summed E-state index contributed by atoms with van der Waals surface area (Å²) < 4.78 is 5.59. The summed E-state index contributed by atoms with van der Waals surface area (Å²) in [7, 11) is 1.25. The maximum absolute atomic E-state index is 13.8. The van der Waals surface area contributed by atoms with Crippen LogP contribution in [0.1, 0.15) is 64.5 Å². The SMILES string of the molecule is COc1c2c(c(O)c3c1C(=O)c1c(cc(O)c(C)c1O)C3=O)-c1c(cc(/C=N/Nc3ccc([N+](=O)[O-])cc3)c(C(=O)O)c1O)CC2. The highest BCUT2D eigenvalue weighted by Crippen LogP contribution is 2.54. The summed E-state index contributed by atoms with van der Waals surface area (Å²) in [4.78, 5) is 50.2. The van der Waals surface area contributed by atoms with Crippen LogP contribution in [0, 0.1) is 17.0 Å². The Labute approximate surface area is 258 Å². The molecule has 232 valence electrons. The number of aromatic carboxylic acids is 1. The Morgan fingerprint density at radius 1 is 0.935 bits per heavy atom. The third kappa shape index (κ3) is 4.26. The van der Waals surface area contributed by atoms with E-state index >= 15 is 0 Å². The van der Waals surface area contributed by atoms with Crippen LogP contribution in [-0.4, -0.2) is 61.3 Å². The molecule has 0 aromatic heterocycles. The third-order valence-corrected chi connectivity index (χ3v) is 8.18. The molecule has 2 aliphatic rings. The number of rotatable bonds is 6. The zero-order valence-electron chi connectivity index (χ0n) is 24.0. The number of nitro groups is 1. The molecule has 14 heteroatoms. The normalized spacial score (nSPS) is 13.1. The average Bonchev–Trinajstić information content (AvgIpc) is 3.02. The Bertz CT molecular complexity index is 2100. The van der Waals surface area contributed by atoms with Crippen molar-refractivity contribution >= 4 is 35.1 Å². The quantitative estimate of drug-likeness (QED) is 0.0875. The van der Waals surface area contributed by atoms with Crippen LogP contribution < -0.4 is 10.2 Å². The zero-order chi connectivity index (χ0) is 33.2. The van der Waals surface area contributed by atoms with Crippen molar-refractivity contribution in [1.82, 2.24) is 0 Å². The van der Waals surface area contributed by atoms with Crippen molar-refractivity contribution in [3.05, 3.63) is 96.6 Å². The number of methoxy groups -OCH3 is 1. The lowest BCUT2D eigenvalue weighted by Gasteiger charge is -2.30. The molecule has 0 saturated heterocycles. The van der Waals surface area contributed by atoms with Crippen molar-refractivity contribution in [3.8, 4) is 39.9 Å². The summed E-state index contributed by atoms with van der Waals surface area (Å²) in [6, 6.07) is 7.79. The fourth-order valence-electron chi connectivity index (χ4n) is 6.00. The highest BCUT2D eigenvalue weighted by atomic mass is 16.6. The number of phenols is 4. The van der Waals surface area contributed by atoms with Gasteiger partial charge in [-0.2, -0.15) is 5.10 Å². The van der Waals surface area contributed by atoms with Gasteiger partial charge in [-0.25, -0.2) is 4.79 Å². The number of ketones is 2. The van der Waals surface area contributed by atoms with Crippen molar-refractivity contribution in [3.63, 3.8) is 0 Å². The van der Waals surface area contributed by atoms with Gasteiger partial charge in [-0.3, -0.25) is 25.1 Å². The van der Waals surface area contributed by atoms with Crippen molar-refractivity contribution in [2.24, 2.45) is 5.10 Å². The van der Waals surface area contributed by atoms with E-state index in [4.69, 9.17) is 4.74 Å². The monoisotopic (exact) mass is 625 g/mol. The van der Waals surface area contributed by atoms with Crippen LogP contribution in [0.25, 0.3) is 11.1 Å². The predicted octanol–water partition coefficient (Wildman–Crippen LogP) is 4.42. The van der Waals surface area contributed by atoms with Crippen molar-refractivity contribution in [1.29, 1.82) is 0 Å². The average molecular weight is 626 g/mol. The topological polar surface area (TPSA) is 229 Å². The Morgan fingerprint density at radius 2 is 1.63 bits per heavy atom. The second kappa shape index (κ2) is 10.6. The first-order valence-corrected chi connectivity index (χ1v) is 13.6. The number of aryl methyl sites for hydroxylation is 1. The number of hydrogen-bond donors (Lipinski definition) is 6. The van der Waals surface area contributed by atoms with E-state index in [2.05, 4.69) is 10.5 Å². The summed E-state index contributed by atoms with van der Waals surface area (Å²) in [5.74, 6) is -5.83. The molecule has 0 fully saturated rings.